The molecular formula is C42H47N3O7Si. The monoisotopic (exact) mass is 733 g/mol. The number of aliphatic hydroxyl groups is 1. The molecule has 4 aromatic rings. The van der Waals surface area contributed by atoms with E-state index in [1.54, 1.807) is 41.3 Å². The molecule has 276 valence electrons. The fourth-order valence-electron chi connectivity index (χ4n) is 9.13. The van der Waals surface area contributed by atoms with Gasteiger partial charge >= 0.3 is 0 Å². The maximum absolute atomic E-state index is 15.0. The second-order valence-electron chi connectivity index (χ2n) is 14.8. The topological polar surface area (TPSA) is 111 Å². The van der Waals surface area contributed by atoms with E-state index in [0.717, 1.165) is 22.1 Å². The summed E-state index contributed by atoms with van der Waals surface area (Å²) in [6.07, 6.45) is 3.35. The molecule has 0 unspecified atom stereocenters. The van der Waals surface area contributed by atoms with Crippen molar-refractivity contribution < 1.29 is 28.9 Å². The molecule has 1 fully saturated rings. The lowest BCUT2D eigenvalue weighted by Crippen LogP contribution is -2.52. The van der Waals surface area contributed by atoms with Crippen LogP contribution in [0.4, 0.5) is 5.69 Å². The van der Waals surface area contributed by atoms with Gasteiger partial charge in [-0.1, -0.05) is 67.7 Å². The lowest BCUT2D eigenvalue weighted by Gasteiger charge is -2.39. The molecule has 0 saturated carbocycles. The number of benzene rings is 3. The van der Waals surface area contributed by atoms with Crippen LogP contribution < -0.4 is 25.1 Å². The van der Waals surface area contributed by atoms with E-state index in [2.05, 4.69) is 44.8 Å². The summed E-state index contributed by atoms with van der Waals surface area (Å²) in [6.45, 7) is 11.1. The summed E-state index contributed by atoms with van der Waals surface area (Å²) < 4.78 is 19.5. The van der Waals surface area contributed by atoms with E-state index in [1.165, 1.54) is 11.7 Å². The van der Waals surface area contributed by atoms with E-state index in [4.69, 9.17) is 14.2 Å². The summed E-state index contributed by atoms with van der Waals surface area (Å²) in [5.74, 6) is 0.249. The van der Waals surface area contributed by atoms with E-state index in [-0.39, 0.29) is 60.2 Å². The van der Waals surface area contributed by atoms with Gasteiger partial charge in [-0.2, -0.15) is 0 Å². The van der Waals surface area contributed by atoms with E-state index >= 15 is 0 Å². The third kappa shape index (κ3) is 5.91. The number of carbonyl (C=O) groups is 2. The average molecular weight is 734 g/mol. The van der Waals surface area contributed by atoms with Gasteiger partial charge in [-0.05, 0) is 65.6 Å². The Hall–Kier alpha value is -4.97. The second kappa shape index (κ2) is 14.1. The van der Waals surface area contributed by atoms with Gasteiger partial charge in [0.05, 0.1) is 53.2 Å². The van der Waals surface area contributed by atoms with Crippen LogP contribution in [0.15, 0.2) is 103 Å². The number of pyridine rings is 1. The zero-order valence-electron chi connectivity index (χ0n) is 31.0. The average Bonchev–Trinajstić information content (AvgIpc) is 3.60. The van der Waals surface area contributed by atoms with Crippen molar-refractivity contribution in [3.05, 3.63) is 125 Å². The van der Waals surface area contributed by atoms with Crippen LogP contribution in [0.2, 0.25) is 18.6 Å². The molecule has 0 bridgehead atoms. The molecule has 1 aromatic heterocycles. The first-order valence-corrected chi connectivity index (χ1v) is 21.2. The normalized spacial score (nSPS) is 23.5. The second-order valence-corrected chi connectivity index (χ2v) is 19.5. The summed E-state index contributed by atoms with van der Waals surface area (Å²) in [5, 5.41) is 11.6. The van der Waals surface area contributed by atoms with Crippen molar-refractivity contribution in [2.45, 2.75) is 62.7 Å². The predicted molar refractivity (Wildman–Crippen MR) is 207 cm³/mol. The number of aromatic nitrogens is 1. The van der Waals surface area contributed by atoms with Crippen molar-refractivity contribution in [3.8, 4) is 17.2 Å². The molecule has 11 heteroatoms. The smallest absolute Gasteiger partial charge is 0.297 e. The van der Waals surface area contributed by atoms with Gasteiger partial charge in [-0.15, -0.1) is 6.58 Å². The minimum absolute atomic E-state index is 0.0428. The first-order valence-electron chi connectivity index (χ1n) is 18.1. The first-order chi connectivity index (χ1) is 25.5. The highest BCUT2D eigenvalue weighted by Gasteiger charge is 2.66. The van der Waals surface area contributed by atoms with Gasteiger partial charge in [0.15, 0.2) is 11.4 Å². The standard InChI is InChI=1S/C42H47N3O7Si/c1-7-20-44-35-19-14-30(43-21-10-13-36(51-4)40(43)48)23-34(35)42(41(44)49)27(2)39(53(5,6)33-17-15-32(50-3)16-18-33)37(52-42)24-38(47)45-25-29-12-9-8-11-28(29)22-31(45)26-46/h7-19,21,23,27,31,37,39,46H,1,20,22,24-26H2,2-6H3/t27-,31+,37+,39-,42+/m1/s1. The molecule has 5 atom stereocenters. The summed E-state index contributed by atoms with van der Waals surface area (Å²) in [6, 6.07) is 24.7. The zero-order valence-corrected chi connectivity index (χ0v) is 32.0. The summed E-state index contributed by atoms with van der Waals surface area (Å²) in [4.78, 5) is 46.4. The highest BCUT2D eigenvalue weighted by Crippen LogP contribution is 2.60. The third-order valence-electron chi connectivity index (χ3n) is 11.8. The lowest BCUT2D eigenvalue weighted by molar-refractivity contribution is -0.150. The first kappa shape index (κ1) is 36.4. The molecule has 3 aliphatic rings. The van der Waals surface area contributed by atoms with Crippen LogP contribution in [0.25, 0.3) is 5.69 Å². The van der Waals surface area contributed by atoms with Crippen molar-refractivity contribution in [1.82, 2.24) is 9.47 Å². The Balaban J connectivity index is 1.35. The highest BCUT2D eigenvalue weighted by molar-refractivity contribution is 6.91. The van der Waals surface area contributed by atoms with Gasteiger partial charge < -0.3 is 29.1 Å². The molecule has 3 aromatic carbocycles. The Labute approximate surface area is 311 Å². The molecule has 0 radical (unpaired) electrons. The van der Waals surface area contributed by atoms with Crippen LogP contribution >= 0.6 is 0 Å². The number of anilines is 1. The number of fused-ring (bicyclic) bond motifs is 3. The van der Waals surface area contributed by atoms with Crippen molar-refractivity contribution in [3.63, 3.8) is 0 Å². The number of rotatable bonds is 10. The number of hydrogen-bond acceptors (Lipinski definition) is 7. The zero-order chi connectivity index (χ0) is 37.7. The number of nitrogens with zero attached hydrogens (tertiary/aromatic N) is 3. The van der Waals surface area contributed by atoms with Crippen LogP contribution in [0.5, 0.6) is 11.5 Å². The van der Waals surface area contributed by atoms with Gasteiger partial charge in [0, 0.05) is 36.5 Å². The van der Waals surface area contributed by atoms with Crippen molar-refractivity contribution in [2.75, 3.05) is 32.3 Å². The van der Waals surface area contributed by atoms with Gasteiger partial charge in [-0.3, -0.25) is 19.0 Å². The maximum Gasteiger partial charge on any atom is 0.297 e. The van der Waals surface area contributed by atoms with Crippen molar-refractivity contribution >= 4 is 30.8 Å². The van der Waals surface area contributed by atoms with Crippen LogP contribution in [0.1, 0.15) is 30.0 Å². The number of carbonyl (C=O) groups excluding carboxylic acids is 2. The lowest BCUT2D eigenvalue weighted by atomic mass is 9.82. The Kier molecular flexibility index (Phi) is 9.69. The van der Waals surface area contributed by atoms with Gasteiger partial charge in [0.1, 0.15) is 5.75 Å². The Morgan fingerprint density at radius 3 is 2.43 bits per heavy atom. The fourth-order valence-corrected chi connectivity index (χ4v) is 13.1. The van der Waals surface area contributed by atoms with Crippen LogP contribution in [0.3, 0.4) is 0 Å². The van der Waals surface area contributed by atoms with E-state index < -0.39 is 19.8 Å². The largest absolute Gasteiger partial charge is 0.497 e. The molecule has 0 aliphatic carbocycles. The third-order valence-corrected chi connectivity index (χ3v) is 16.2. The SMILES string of the molecule is C=CCN1C(=O)[C@@]2(O[C@@H](CC(=O)N3Cc4ccccc4C[C@H]3CO)[C@H]([Si](C)(C)c3ccc(OC)cc3)[C@H]2C)c2cc(-n3cccc(OC)c3=O)ccc21. The summed E-state index contributed by atoms with van der Waals surface area (Å²) >= 11 is 0. The molecular weight excluding hydrogens is 687 g/mol. The van der Waals surface area contributed by atoms with Gasteiger partial charge in [0.2, 0.25) is 5.91 Å². The molecule has 10 nitrogen and oxygen atoms in total. The summed E-state index contributed by atoms with van der Waals surface area (Å²) in [7, 11) is 0.543. The number of aliphatic hydroxyl groups excluding tert-OH is 1. The Bertz CT molecular complexity index is 2110. The molecule has 3 aliphatic heterocycles. The Morgan fingerprint density at radius 1 is 1.02 bits per heavy atom. The fraction of sp³-hybridized carbons (Fsp3) is 0.357. The number of hydrogen-bond donors (Lipinski definition) is 1. The van der Waals surface area contributed by atoms with Crippen LogP contribution in [-0.4, -0.2) is 74.0 Å². The Morgan fingerprint density at radius 2 is 1.75 bits per heavy atom. The molecule has 1 saturated heterocycles. The van der Waals surface area contributed by atoms with E-state index in [9.17, 15) is 19.5 Å². The molecule has 53 heavy (non-hydrogen) atoms. The van der Waals surface area contributed by atoms with Crippen LogP contribution in [-0.2, 0) is 32.9 Å². The minimum atomic E-state index is -2.55. The quantitative estimate of drug-likeness (QED) is 0.182. The minimum Gasteiger partial charge on any atom is -0.497 e. The molecule has 1 N–H and O–H groups in total. The van der Waals surface area contributed by atoms with Gasteiger partial charge in [-0.25, -0.2) is 0 Å². The number of ether oxygens (including phenoxy) is 3. The van der Waals surface area contributed by atoms with Gasteiger partial charge in [0.25, 0.3) is 11.5 Å². The highest BCUT2D eigenvalue weighted by atomic mass is 28.3. The van der Waals surface area contributed by atoms with Crippen molar-refractivity contribution in [2.24, 2.45) is 5.92 Å². The van der Waals surface area contributed by atoms with Crippen molar-refractivity contribution in [1.29, 1.82) is 0 Å². The predicted octanol–water partition coefficient (Wildman–Crippen LogP) is 4.94. The molecule has 1 spiro atoms. The molecule has 7 rings (SSSR count). The molecule has 2 amide bonds. The maximum atomic E-state index is 15.0. The van der Waals surface area contributed by atoms with Crippen LogP contribution in [0, 0.1) is 5.92 Å². The van der Waals surface area contributed by atoms with E-state index in [1.807, 2.05) is 48.5 Å². The number of methoxy groups -OCH3 is 2. The van der Waals surface area contributed by atoms with E-state index in [0.29, 0.717) is 29.9 Å². The summed E-state index contributed by atoms with van der Waals surface area (Å²) in [5.41, 5.74) is 2.15. The number of amides is 2. The molecule has 4 heterocycles.